The molecule has 7 nitrogen and oxygen atoms in total. The summed E-state index contributed by atoms with van der Waals surface area (Å²) in [7, 11) is -3.20. The predicted octanol–water partition coefficient (Wildman–Crippen LogP) is 0.917. The summed E-state index contributed by atoms with van der Waals surface area (Å²) >= 11 is 11.9. The van der Waals surface area contributed by atoms with Crippen molar-refractivity contribution in [3.05, 3.63) is 46.0 Å². The second-order valence-electron chi connectivity index (χ2n) is 3.22. The van der Waals surface area contributed by atoms with Gasteiger partial charge in [0.2, 0.25) is 0 Å². The molecule has 0 bridgehead atoms. The molecule has 0 aromatic heterocycles. The average molecular weight is 324 g/mol. The number of alkyl halides is 2. The largest absolute Gasteiger partial charge is 0.412 e. The van der Waals surface area contributed by atoms with E-state index in [-0.39, 0.29) is 5.56 Å². The Morgan fingerprint density at radius 3 is 2.21 bits per heavy atom. The van der Waals surface area contributed by atoms with Crippen LogP contribution in [0.3, 0.4) is 0 Å². The van der Waals surface area contributed by atoms with Crippen molar-refractivity contribution in [3.63, 3.8) is 0 Å². The second-order valence-corrected chi connectivity index (χ2v) is 5.40. The maximum absolute atomic E-state index is 10.9. The van der Waals surface area contributed by atoms with E-state index in [1.54, 1.807) is 18.2 Å². The first-order valence-electron chi connectivity index (χ1n) is 4.65. The molecule has 1 aromatic rings. The normalized spacial score (nSPS) is 12.0. The van der Waals surface area contributed by atoms with Crippen LogP contribution in [-0.4, -0.2) is 24.0 Å². The van der Waals surface area contributed by atoms with Crippen LogP contribution < -0.4 is 5.84 Å². The van der Waals surface area contributed by atoms with Gasteiger partial charge in [0.15, 0.2) is 10.0 Å². The molecule has 0 aliphatic rings. The molecule has 0 aliphatic heterocycles. The van der Waals surface area contributed by atoms with Gasteiger partial charge in [-0.05, 0) is 5.56 Å². The van der Waals surface area contributed by atoms with Crippen LogP contribution in [0.1, 0.15) is 5.56 Å². The van der Waals surface area contributed by atoms with Crippen LogP contribution in [0.25, 0.3) is 0 Å². The van der Waals surface area contributed by atoms with E-state index >= 15 is 0 Å². The van der Waals surface area contributed by atoms with E-state index in [2.05, 4.69) is 5.10 Å². The SMILES string of the molecule is NN=C(C([N+](=O)[O-])=S(=O)=O)C(Cl)(Cl)c1ccccc1. The first kappa shape index (κ1) is 15.4. The van der Waals surface area contributed by atoms with Crippen LogP contribution in [0.4, 0.5) is 0 Å². The van der Waals surface area contributed by atoms with Gasteiger partial charge in [-0.3, -0.25) is 10.1 Å². The number of nitrogens with zero attached hydrogens (tertiary/aromatic N) is 2. The Labute approximate surface area is 119 Å². The Kier molecular flexibility index (Phi) is 4.87. The van der Waals surface area contributed by atoms with E-state index in [1.807, 2.05) is 0 Å². The molecule has 0 atom stereocenters. The molecule has 0 amide bonds. The molecule has 10 heteroatoms. The van der Waals surface area contributed by atoms with Crippen LogP contribution in [-0.2, 0) is 14.6 Å². The monoisotopic (exact) mass is 323 g/mol. The van der Waals surface area contributed by atoms with Gasteiger partial charge in [0.1, 0.15) is 0 Å². The first-order chi connectivity index (χ1) is 8.82. The van der Waals surface area contributed by atoms with Gasteiger partial charge in [-0.1, -0.05) is 53.5 Å². The van der Waals surface area contributed by atoms with E-state index in [9.17, 15) is 18.5 Å². The number of nitrogens with two attached hydrogens (primary N) is 1. The molecule has 0 unspecified atom stereocenters. The summed E-state index contributed by atoms with van der Waals surface area (Å²) < 4.78 is 19.7. The summed E-state index contributed by atoms with van der Waals surface area (Å²) in [4.78, 5) is 8.29. The molecule has 0 saturated carbocycles. The highest BCUT2D eigenvalue weighted by Crippen LogP contribution is 2.35. The summed E-state index contributed by atoms with van der Waals surface area (Å²) in [6.45, 7) is 0. The number of nitro groups is 1. The van der Waals surface area contributed by atoms with Crippen molar-refractivity contribution in [1.29, 1.82) is 0 Å². The zero-order valence-corrected chi connectivity index (χ0v) is 11.5. The van der Waals surface area contributed by atoms with Crippen molar-refractivity contribution in [1.82, 2.24) is 0 Å². The summed E-state index contributed by atoms with van der Waals surface area (Å²) in [6, 6.07) is 7.72. The molecule has 0 heterocycles. The van der Waals surface area contributed by atoms with E-state index in [0.717, 1.165) is 0 Å². The Morgan fingerprint density at radius 2 is 1.84 bits per heavy atom. The van der Waals surface area contributed by atoms with Crippen LogP contribution in [0.2, 0.25) is 0 Å². The van der Waals surface area contributed by atoms with Gasteiger partial charge in [0, 0.05) is 0 Å². The number of hydrogen-bond donors (Lipinski definition) is 1. The van der Waals surface area contributed by atoms with Crippen molar-refractivity contribution < 1.29 is 13.3 Å². The van der Waals surface area contributed by atoms with E-state index in [0.29, 0.717) is 0 Å². The zero-order chi connectivity index (χ0) is 14.6. The third-order valence-electron chi connectivity index (χ3n) is 2.09. The first-order valence-corrected chi connectivity index (χ1v) is 6.48. The maximum atomic E-state index is 10.9. The van der Waals surface area contributed by atoms with E-state index < -0.39 is 30.3 Å². The highest BCUT2D eigenvalue weighted by Gasteiger charge is 2.43. The second kappa shape index (κ2) is 6.00. The Morgan fingerprint density at radius 1 is 1.32 bits per heavy atom. The number of rotatable bonds is 3. The lowest BCUT2D eigenvalue weighted by Gasteiger charge is -2.18. The van der Waals surface area contributed by atoms with Gasteiger partial charge < -0.3 is 5.84 Å². The maximum Gasteiger partial charge on any atom is 0.412 e. The minimum absolute atomic E-state index is 0.201. The molecule has 2 N–H and O–H groups in total. The molecule has 1 rings (SSSR count). The van der Waals surface area contributed by atoms with Crippen molar-refractivity contribution in [2.45, 2.75) is 4.33 Å². The van der Waals surface area contributed by atoms with Crippen molar-refractivity contribution in [3.8, 4) is 0 Å². The standard InChI is InChI=1S/C9H7Cl2N3O4S/c10-9(11,6-4-2-1-3-5-6)7(13-12)8(14(15)16)19(17)18/h1-5H,12H2. The van der Waals surface area contributed by atoms with Crippen LogP contribution >= 0.6 is 23.2 Å². The fourth-order valence-corrected chi connectivity index (χ4v) is 2.41. The lowest BCUT2D eigenvalue weighted by atomic mass is 10.1. The highest BCUT2D eigenvalue weighted by molar-refractivity contribution is 7.74. The number of hydrogen-bond acceptors (Lipinski definition) is 6. The van der Waals surface area contributed by atoms with Gasteiger partial charge in [0.05, 0.1) is 4.92 Å². The molecule has 0 fully saturated rings. The molecule has 0 aliphatic carbocycles. The highest BCUT2D eigenvalue weighted by atomic mass is 35.5. The van der Waals surface area contributed by atoms with Crippen molar-refractivity contribution in [2.75, 3.05) is 0 Å². The third-order valence-corrected chi connectivity index (χ3v) is 3.54. The average Bonchev–Trinajstić information content (AvgIpc) is 2.35. The fourth-order valence-electron chi connectivity index (χ4n) is 1.28. The van der Waals surface area contributed by atoms with Crippen LogP contribution in [0, 0.1) is 10.1 Å². The summed E-state index contributed by atoms with van der Waals surface area (Å²) in [5.74, 6) is 4.99. The van der Waals surface area contributed by atoms with Gasteiger partial charge in [-0.2, -0.15) is 13.5 Å². The number of halogens is 2. The molecule has 0 radical (unpaired) electrons. The molecule has 0 spiro atoms. The molecular formula is C9H7Cl2N3O4S. The molecule has 1 aromatic carbocycles. The molecule has 0 saturated heterocycles. The lowest BCUT2D eigenvalue weighted by Crippen LogP contribution is -2.37. The molecular weight excluding hydrogens is 317 g/mol. The zero-order valence-electron chi connectivity index (χ0n) is 9.16. The van der Waals surface area contributed by atoms with Gasteiger partial charge in [-0.15, -0.1) is 0 Å². The number of benzene rings is 1. The molecule has 19 heavy (non-hydrogen) atoms. The van der Waals surface area contributed by atoms with E-state index in [1.165, 1.54) is 12.1 Å². The number of hydrazone groups is 1. The minimum Gasteiger partial charge on any atom is -0.323 e. The van der Waals surface area contributed by atoms with Crippen molar-refractivity contribution in [2.24, 2.45) is 10.9 Å². The van der Waals surface area contributed by atoms with Gasteiger partial charge in [-0.25, -0.2) is 0 Å². The topological polar surface area (TPSA) is 116 Å². The smallest absolute Gasteiger partial charge is 0.323 e. The lowest BCUT2D eigenvalue weighted by molar-refractivity contribution is -0.341. The Bertz CT molecular complexity index is 647. The summed E-state index contributed by atoms with van der Waals surface area (Å²) in [5.41, 5.74) is -0.562. The van der Waals surface area contributed by atoms with Gasteiger partial charge in [0.25, 0.3) is 10.3 Å². The minimum atomic E-state index is -3.20. The van der Waals surface area contributed by atoms with Crippen LogP contribution in [0.15, 0.2) is 35.4 Å². The Hall–Kier alpha value is -1.64. The quantitative estimate of drug-likeness (QED) is 0.222. The Balaban J connectivity index is 3.49. The van der Waals surface area contributed by atoms with Crippen molar-refractivity contribution >= 4 is 44.2 Å². The fraction of sp³-hybridized carbons (Fsp3) is 0.111. The predicted molar refractivity (Wildman–Crippen MR) is 72.4 cm³/mol. The summed E-state index contributed by atoms with van der Waals surface area (Å²) in [6.07, 6.45) is 0. The summed E-state index contributed by atoms with van der Waals surface area (Å²) in [5, 5.41) is 13.8. The third kappa shape index (κ3) is 3.22. The van der Waals surface area contributed by atoms with Gasteiger partial charge >= 0.3 is 4.99 Å². The van der Waals surface area contributed by atoms with E-state index in [4.69, 9.17) is 29.0 Å². The molecule has 102 valence electrons. The van der Waals surface area contributed by atoms with Crippen LogP contribution in [0.5, 0.6) is 0 Å².